The fourth-order valence-electron chi connectivity index (χ4n) is 2.99. The van der Waals surface area contributed by atoms with Gasteiger partial charge in [-0.1, -0.05) is 0 Å². The number of likely N-dealkylation sites (tertiary alicyclic amines) is 1. The molecule has 0 radical (unpaired) electrons. The Kier molecular flexibility index (Phi) is 4.18. The molecule has 0 amide bonds. The zero-order chi connectivity index (χ0) is 16.5. The van der Waals surface area contributed by atoms with Crippen LogP contribution in [0.4, 0.5) is 0 Å². The van der Waals surface area contributed by atoms with Crippen LogP contribution in [0.1, 0.15) is 54.8 Å². The van der Waals surface area contributed by atoms with Gasteiger partial charge in [-0.15, -0.1) is 10.2 Å². The van der Waals surface area contributed by atoms with E-state index in [1.54, 1.807) is 6.20 Å². The molecule has 3 heterocycles. The van der Waals surface area contributed by atoms with Gasteiger partial charge in [-0.2, -0.15) is 0 Å². The lowest BCUT2D eigenvalue weighted by Crippen LogP contribution is -2.38. The Morgan fingerprint density at radius 3 is 2.71 bits per heavy atom. The van der Waals surface area contributed by atoms with E-state index >= 15 is 0 Å². The molecule has 128 valence electrons. The number of piperidine rings is 1. The van der Waals surface area contributed by atoms with Crippen LogP contribution in [0.3, 0.4) is 0 Å². The van der Waals surface area contributed by atoms with Crippen LogP contribution in [-0.4, -0.2) is 44.3 Å². The Morgan fingerprint density at radius 2 is 1.96 bits per heavy atom. The maximum absolute atomic E-state index is 6.06. The fraction of sp³-hybridized carbons (Fsp3) is 0.647. The largest absolute Gasteiger partial charge is 0.473 e. The number of aromatic nitrogens is 4. The molecule has 0 unspecified atom stereocenters. The number of hydrogen-bond acceptors (Lipinski definition) is 7. The fourth-order valence-corrected chi connectivity index (χ4v) is 2.99. The summed E-state index contributed by atoms with van der Waals surface area (Å²) in [5.74, 6) is 2.73. The third-order valence-electron chi connectivity index (χ3n) is 4.61. The lowest BCUT2D eigenvalue weighted by atomic mass is 10.1. The third kappa shape index (κ3) is 3.56. The maximum atomic E-state index is 6.06. The Labute approximate surface area is 141 Å². The van der Waals surface area contributed by atoms with Gasteiger partial charge < -0.3 is 9.15 Å². The molecule has 7 nitrogen and oxygen atoms in total. The summed E-state index contributed by atoms with van der Waals surface area (Å²) in [4.78, 5) is 11.1. The van der Waals surface area contributed by atoms with Crippen molar-refractivity contribution >= 4 is 0 Å². The summed E-state index contributed by atoms with van der Waals surface area (Å²) in [7, 11) is 0. The lowest BCUT2D eigenvalue weighted by molar-refractivity contribution is 0.0872. The number of aryl methyl sites for hydroxylation is 2. The highest BCUT2D eigenvalue weighted by molar-refractivity contribution is 5.18. The van der Waals surface area contributed by atoms with E-state index < -0.39 is 0 Å². The van der Waals surface area contributed by atoms with Crippen molar-refractivity contribution in [2.75, 3.05) is 13.1 Å². The minimum absolute atomic E-state index is 0.195. The zero-order valence-electron chi connectivity index (χ0n) is 14.2. The summed E-state index contributed by atoms with van der Waals surface area (Å²) in [6.45, 7) is 6.52. The molecule has 0 N–H and O–H groups in total. The molecule has 2 fully saturated rings. The molecular weight excluding hydrogens is 306 g/mol. The van der Waals surface area contributed by atoms with Crippen molar-refractivity contribution in [1.29, 1.82) is 0 Å². The Morgan fingerprint density at radius 1 is 1.17 bits per heavy atom. The van der Waals surface area contributed by atoms with Crippen molar-refractivity contribution in [1.82, 2.24) is 25.1 Å². The number of hydrogen-bond donors (Lipinski definition) is 0. The van der Waals surface area contributed by atoms with Gasteiger partial charge in [0.1, 0.15) is 6.10 Å². The maximum Gasteiger partial charge on any atom is 0.235 e. The molecule has 2 aromatic heterocycles. The summed E-state index contributed by atoms with van der Waals surface area (Å²) < 4.78 is 11.8. The van der Waals surface area contributed by atoms with Crippen LogP contribution in [0.2, 0.25) is 0 Å². The third-order valence-corrected chi connectivity index (χ3v) is 4.61. The molecule has 0 aromatic carbocycles. The van der Waals surface area contributed by atoms with Crippen LogP contribution in [0.25, 0.3) is 0 Å². The summed E-state index contributed by atoms with van der Waals surface area (Å²) in [6.07, 6.45) is 6.28. The van der Waals surface area contributed by atoms with E-state index in [-0.39, 0.29) is 6.10 Å². The van der Waals surface area contributed by atoms with Gasteiger partial charge in [0.2, 0.25) is 17.7 Å². The van der Waals surface area contributed by atoms with Crippen LogP contribution in [-0.2, 0) is 6.54 Å². The first-order chi connectivity index (χ1) is 11.7. The molecular formula is C17H23N5O2. The topological polar surface area (TPSA) is 77.2 Å². The van der Waals surface area contributed by atoms with Gasteiger partial charge in [-0.05, 0) is 39.5 Å². The van der Waals surface area contributed by atoms with Crippen LogP contribution < -0.4 is 4.74 Å². The predicted molar refractivity (Wildman–Crippen MR) is 86.7 cm³/mol. The van der Waals surface area contributed by atoms with Crippen molar-refractivity contribution in [3.05, 3.63) is 29.4 Å². The van der Waals surface area contributed by atoms with Gasteiger partial charge >= 0.3 is 0 Å². The van der Waals surface area contributed by atoms with Crippen LogP contribution >= 0.6 is 0 Å². The van der Waals surface area contributed by atoms with Gasteiger partial charge in [0.05, 0.1) is 17.9 Å². The molecule has 1 saturated heterocycles. The SMILES string of the molecule is Cc1cnc(C)c(OC2CCN(Cc3nnc(C4CC4)o3)CC2)n1. The van der Waals surface area contributed by atoms with Gasteiger partial charge in [-0.3, -0.25) is 9.88 Å². The van der Waals surface area contributed by atoms with E-state index in [1.807, 2.05) is 13.8 Å². The standard InChI is InChI=1S/C17H23N5O2/c1-11-9-18-12(2)16(19-11)23-14-5-7-22(8-6-14)10-15-20-21-17(24-15)13-3-4-13/h9,13-14H,3-8,10H2,1-2H3. The molecule has 0 atom stereocenters. The molecule has 1 aliphatic carbocycles. The molecule has 1 saturated carbocycles. The van der Waals surface area contributed by atoms with E-state index in [0.29, 0.717) is 11.8 Å². The first kappa shape index (κ1) is 15.5. The van der Waals surface area contributed by atoms with Crippen molar-refractivity contribution in [3.8, 4) is 5.88 Å². The predicted octanol–water partition coefficient (Wildman–Crippen LogP) is 2.40. The highest BCUT2D eigenvalue weighted by Crippen LogP contribution is 2.39. The van der Waals surface area contributed by atoms with Crippen molar-refractivity contribution < 1.29 is 9.15 Å². The van der Waals surface area contributed by atoms with Crippen LogP contribution in [0.5, 0.6) is 5.88 Å². The summed E-state index contributed by atoms with van der Waals surface area (Å²) in [6, 6.07) is 0. The molecule has 2 aromatic rings. The van der Waals surface area contributed by atoms with Crippen molar-refractivity contribution in [3.63, 3.8) is 0 Å². The smallest absolute Gasteiger partial charge is 0.235 e. The molecule has 4 rings (SSSR count). The van der Waals surface area contributed by atoms with Crippen molar-refractivity contribution in [2.45, 2.75) is 58.1 Å². The zero-order valence-corrected chi connectivity index (χ0v) is 14.2. The number of rotatable bonds is 5. The Hall–Kier alpha value is -2.02. The highest BCUT2D eigenvalue weighted by Gasteiger charge is 2.30. The molecule has 0 spiro atoms. The van der Waals surface area contributed by atoms with Gasteiger partial charge in [0, 0.05) is 25.2 Å². The first-order valence-electron chi connectivity index (χ1n) is 8.69. The van der Waals surface area contributed by atoms with E-state index in [1.165, 1.54) is 12.8 Å². The van der Waals surface area contributed by atoms with Crippen LogP contribution in [0.15, 0.2) is 10.6 Å². The van der Waals surface area contributed by atoms with E-state index in [0.717, 1.165) is 55.6 Å². The van der Waals surface area contributed by atoms with E-state index in [9.17, 15) is 0 Å². The minimum Gasteiger partial charge on any atom is -0.473 e. The quantitative estimate of drug-likeness (QED) is 0.833. The monoisotopic (exact) mass is 329 g/mol. The normalized spacial score (nSPS) is 19.6. The van der Waals surface area contributed by atoms with Gasteiger partial charge in [-0.25, -0.2) is 4.98 Å². The van der Waals surface area contributed by atoms with E-state index in [4.69, 9.17) is 9.15 Å². The molecule has 2 aliphatic rings. The van der Waals surface area contributed by atoms with Gasteiger partial charge in [0.15, 0.2) is 0 Å². The highest BCUT2D eigenvalue weighted by atomic mass is 16.5. The first-order valence-corrected chi connectivity index (χ1v) is 8.69. The van der Waals surface area contributed by atoms with Crippen molar-refractivity contribution in [2.24, 2.45) is 0 Å². The van der Waals surface area contributed by atoms with E-state index in [2.05, 4.69) is 25.1 Å². The second-order valence-corrected chi connectivity index (χ2v) is 6.80. The molecule has 24 heavy (non-hydrogen) atoms. The number of ether oxygens (including phenoxy) is 1. The summed E-state index contributed by atoms with van der Waals surface area (Å²) in [5.41, 5.74) is 1.73. The second kappa shape index (κ2) is 6.47. The second-order valence-electron chi connectivity index (χ2n) is 6.80. The van der Waals surface area contributed by atoms with Gasteiger partial charge in [0.25, 0.3) is 0 Å². The average Bonchev–Trinajstić information content (AvgIpc) is 3.33. The Bertz CT molecular complexity index is 705. The summed E-state index contributed by atoms with van der Waals surface area (Å²) in [5, 5.41) is 8.32. The number of nitrogens with zero attached hydrogens (tertiary/aromatic N) is 5. The Balaban J connectivity index is 1.29. The molecule has 7 heteroatoms. The summed E-state index contributed by atoms with van der Waals surface area (Å²) >= 11 is 0. The molecule has 0 bridgehead atoms. The minimum atomic E-state index is 0.195. The van der Waals surface area contributed by atoms with Crippen LogP contribution in [0, 0.1) is 13.8 Å². The molecule has 1 aliphatic heterocycles. The average molecular weight is 329 g/mol. The lowest BCUT2D eigenvalue weighted by Gasteiger charge is -2.31.